The molecule has 3 N–H and O–H groups in total. The molecule has 1 aliphatic carbocycles. The van der Waals surface area contributed by atoms with Crippen molar-refractivity contribution in [3.8, 4) is 0 Å². The molecule has 2 aromatic heterocycles. The molecule has 9 heteroatoms. The molecule has 5 rings (SSSR count). The van der Waals surface area contributed by atoms with Gasteiger partial charge in [0.15, 0.2) is 5.82 Å². The van der Waals surface area contributed by atoms with Gasteiger partial charge in [0.1, 0.15) is 11.5 Å². The third-order valence-corrected chi connectivity index (χ3v) is 6.60. The predicted molar refractivity (Wildman–Crippen MR) is 120 cm³/mol. The van der Waals surface area contributed by atoms with Gasteiger partial charge in [0, 0.05) is 48.0 Å². The number of nitrogens with two attached hydrogens (primary N) is 1. The van der Waals surface area contributed by atoms with E-state index in [2.05, 4.69) is 15.3 Å². The van der Waals surface area contributed by atoms with Crippen LogP contribution in [0.1, 0.15) is 43.7 Å². The number of benzene rings is 1. The number of aromatic nitrogens is 3. The Bertz CT molecular complexity index is 1240. The lowest BCUT2D eigenvalue weighted by molar-refractivity contribution is 0.487. The van der Waals surface area contributed by atoms with E-state index in [1.54, 1.807) is 19.1 Å². The molecular formula is C23H26F2N6O. The molecule has 2 aliphatic rings. The first-order valence-corrected chi connectivity index (χ1v) is 11.1. The van der Waals surface area contributed by atoms with Crippen LogP contribution < -0.4 is 21.5 Å². The molecule has 1 aromatic carbocycles. The number of hydrogen-bond donors (Lipinski definition) is 2. The second kappa shape index (κ2) is 8.12. The first-order valence-electron chi connectivity index (χ1n) is 11.1. The second-order valence-corrected chi connectivity index (χ2v) is 8.77. The highest BCUT2D eigenvalue weighted by Crippen LogP contribution is 2.32. The van der Waals surface area contributed by atoms with Crippen molar-refractivity contribution in [3.05, 3.63) is 51.9 Å². The SMILES string of the molecule is Cc1c(F)c(=O)n(C2CCCC2)c2nc(Nc3ccc(N4CCC(N)C4)c(F)c3)ncc12. The molecule has 1 atom stereocenters. The molecule has 3 aromatic rings. The molecule has 3 heterocycles. The molecule has 0 amide bonds. The lowest BCUT2D eigenvalue weighted by Gasteiger charge is -2.20. The minimum atomic E-state index is -0.756. The summed E-state index contributed by atoms with van der Waals surface area (Å²) in [6.07, 6.45) is 5.99. The van der Waals surface area contributed by atoms with Crippen LogP contribution in [0, 0.1) is 18.6 Å². The van der Waals surface area contributed by atoms with Crippen molar-refractivity contribution < 1.29 is 8.78 Å². The summed E-state index contributed by atoms with van der Waals surface area (Å²) in [6.45, 7) is 2.92. The van der Waals surface area contributed by atoms with E-state index in [4.69, 9.17) is 5.73 Å². The number of nitrogens with one attached hydrogen (secondary N) is 1. The molecular weight excluding hydrogens is 414 g/mol. The fraction of sp³-hybridized carbons (Fsp3) is 0.435. The van der Waals surface area contributed by atoms with Gasteiger partial charge in [-0.05, 0) is 44.4 Å². The second-order valence-electron chi connectivity index (χ2n) is 8.77. The molecule has 1 saturated heterocycles. The van der Waals surface area contributed by atoms with Crippen molar-refractivity contribution in [3.63, 3.8) is 0 Å². The van der Waals surface area contributed by atoms with Crippen molar-refractivity contribution in [2.75, 3.05) is 23.3 Å². The molecule has 1 saturated carbocycles. The quantitative estimate of drug-likeness (QED) is 0.642. The lowest BCUT2D eigenvalue weighted by Crippen LogP contribution is -2.28. The summed E-state index contributed by atoms with van der Waals surface area (Å²) >= 11 is 0. The van der Waals surface area contributed by atoms with Crippen LogP contribution in [0.15, 0.2) is 29.2 Å². The highest BCUT2D eigenvalue weighted by Gasteiger charge is 2.25. The Balaban J connectivity index is 1.50. The fourth-order valence-corrected chi connectivity index (χ4v) is 4.84. The van der Waals surface area contributed by atoms with Gasteiger partial charge >= 0.3 is 0 Å². The number of hydrogen-bond acceptors (Lipinski definition) is 6. The van der Waals surface area contributed by atoms with Crippen LogP contribution in [0.25, 0.3) is 11.0 Å². The minimum Gasteiger partial charge on any atom is -0.368 e. The molecule has 2 fully saturated rings. The van der Waals surface area contributed by atoms with E-state index in [9.17, 15) is 13.6 Å². The zero-order valence-electron chi connectivity index (χ0n) is 17.9. The van der Waals surface area contributed by atoms with Crippen LogP contribution in [-0.4, -0.2) is 33.7 Å². The van der Waals surface area contributed by atoms with Crippen molar-refractivity contribution in [2.24, 2.45) is 5.73 Å². The van der Waals surface area contributed by atoms with Crippen molar-refractivity contribution in [1.29, 1.82) is 0 Å². The third-order valence-electron chi connectivity index (χ3n) is 6.60. The zero-order chi connectivity index (χ0) is 22.4. The van der Waals surface area contributed by atoms with E-state index >= 15 is 0 Å². The average molecular weight is 440 g/mol. The van der Waals surface area contributed by atoms with Crippen molar-refractivity contribution in [1.82, 2.24) is 14.5 Å². The maximum Gasteiger partial charge on any atom is 0.288 e. The molecule has 168 valence electrons. The predicted octanol–water partition coefficient (Wildman–Crippen LogP) is 3.77. The van der Waals surface area contributed by atoms with Gasteiger partial charge in [-0.2, -0.15) is 4.98 Å². The summed E-state index contributed by atoms with van der Waals surface area (Å²) < 4.78 is 30.8. The Morgan fingerprint density at radius 1 is 1.19 bits per heavy atom. The standard InChI is InChI=1S/C23H26F2N6O/c1-13-17-11-27-23(29-21(17)31(22(32)20(13)25)16-4-2-3-5-16)28-15-6-7-19(18(24)10-15)30-9-8-14(26)12-30/h6-7,10-11,14,16H,2-5,8-9,12,26H2,1H3,(H,27,28,29). The number of fused-ring (bicyclic) bond motifs is 1. The number of halogens is 2. The summed E-state index contributed by atoms with van der Waals surface area (Å²) in [5.41, 5.74) is 6.94. The summed E-state index contributed by atoms with van der Waals surface area (Å²) in [5.74, 6) is -0.885. The van der Waals surface area contributed by atoms with Crippen LogP contribution in [0.2, 0.25) is 0 Å². The van der Waals surface area contributed by atoms with Gasteiger partial charge in [0.2, 0.25) is 5.95 Å². The molecule has 7 nitrogen and oxygen atoms in total. The van der Waals surface area contributed by atoms with Crippen LogP contribution in [-0.2, 0) is 0 Å². The van der Waals surface area contributed by atoms with E-state index < -0.39 is 11.4 Å². The Labute approximate surface area is 184 Å². The van der Waals surface area contributed by atoms with Crippen molar-refractivity contribution >= 4 is 28.4 Å². The van der Waals surface area contributed by atoms with Gasteiger partial charge < -0.3 is 16.0 Å². The first kappa shape index (κ1) is 20.8. The molecule has 0 radical (unpaired) electrons. The van der Waals surface area contributed by atoms with E-state index in [-0.39, 0.29) is 29.4 Å². The Hall–Kier alpha value is -3.07. The smallest absolute Gasteiger partial charge is 0.288 e. The summed E-state index contributed by atoms with van der Waals surface area (Å²) in [4.78, 5) is 23.5. The summed E-state index contributed by atoms with van der Waals surface area (Å²) in [7, 11) is 0. The number of nitrogens with zero attached hydrogens (tertiary/aromatic N) is 4. The number of rotatable bonds is 4. The average Bonchev–Trinajstić information content (AvgIpc) is 3.45. The van der Waals surface area contributed by atoms with E-state index in [1.165, 1.54) is 16.8 Å². The third kappa shape index (κ3) is 3.60. The van der Waals surface area contributed by atoms with E-state index in [0.717, 1.165) is 38.6 Å². The Kier molecular flexibility index (Phi) is 5.28. The topological polar surface area (TPSA) is 89.1 Å². The minimum absolute atomic E-state index is 0.0592. The largest absolute Gasteiger partial charge is 0.368 e. The maximum atomic E-state index is 14.8. The highest BCUT2D eigenvalue weighted by molar-refractivity contribution is 5.79. The molecule has 0 spiro atoms. The number of aryl methyl sites for hydroxylation is 1. The van der Waals surface area contributed by atoms with Crippen LogP contribution >= 0.6 is 0 Å². The van der Waals surface area contributed by atoms with Gasteiger partial charge in [0.25, 0.3) is 5.56 Å². The van der Waals surface area contributed by atoms with Crippen molar-refractivity contribution in [2.45, 2.75) is 51.1 Å². The molecule has 32 heavy (non-hydrogen) atoms. The normalized spacial score (nSPS) is 19.2. The summed E-state index contributed by atoms with van der Waals surface area (Å²) in [6, 6.07) is 4.85. The van der Waals surface area contributed by atoms with Gasteiger partial charge in [-0.15, -0.1) is 0 Å². The van der Waals surface area contributed by atoms with Crippen LogP contribution in [0.5, 0.6) is 0 Å². The van der Waals surface area contributed by atoms with E-state index in [1.807, 2.05) is 4.90 Å². The van der Waals surface area contributed by atoms with E-state index in [0.29, 0.717) is 29.0 Å². The van der Waals surface area contributed by atoms with Gasteiger partial charge in [-0.25, -0.2) is 13.8 Å². The highest BCUT2D eigenvalue weighted by atomic mass is 19.1. The number of pyridine rings is 1. The first-order chi connectivity index (χ1) is 15.4. The molecule has 1 unspecified atom stereocenters. The molecule has 1 aliphatic heterocycles. The van der Waals surface area contributed by atoms with Crippen LogP contribution in [0.3, 0.4) is 0 Å². The van der Waals surface area contributed by atoms with Crippen LogP contribution in [0.4, 0.5) is 26.1 Å². The number of anilines is 3. The Morgan fingerprint density at radius 3 is 2.66 bits per heavy atom. The van der Waals surface area contributed by atoms with Gasteiger partial charge in [-0.1, -0.05) is 12.8 Å². The van der Waals surface area contributed by atoms with Gasteiger partial charge in [-0.3, -0.25) is 9.36 Å². The summed E-state index contributed by atoms with van der Waals surface area (Å²) in [5, 5.41) is 3.53. The Morgan fingerprint density at radius 2 is 1.97 bits per heavy atom. The lowest BCUT2D eigenvalue weighted by atomic mass is 10.1. The zero-order valence-corrected chi connectivity index (χ0v) is 17.9. The fourth-order valence-electron chi connectivity index (χ4n) is 4.84. The molecule has 0 bridgehead atoms. The maximum absolute atomic E-state index is 14.8. The monoisotopic (exact) mass is 440 g/mol. The van der Waals surface area contributed by atoms with Gasteiger partial charge in [0.05, 0.1) is 5.69 Å².